The molecule has 0 fully saturated rings. The van der Waals surface area contributed by atoms with Crippen molar-refractivity contribution in [1.29, 1.82) is 0 Å². The van der Waals surface area contributed by atoms with Gasteiger partial charge in [-0.25, -0.2) is 65.9 Å². The molecule has 50 heavy (non-hydrogen) atoms. The summed E-state index contributed by atoms with van der Waals surface area (Å²) in [6.07, 6.45) is 0. The maximum atomic E-state index is 15.8. The number of quaternary nitrogens is 1. The van der Waals surface area contributed by atoms with Crippen LogP contribution in [0.15, 0.2) is 0 Å². The summed E-state index contributed by atoms with van der Waals surface area (Å²) in [5, 5.41) is 0. The van der Waals surface area contributed by atoms with Gasteiger partial charge in [0.1, 0.15) is 12.0 Å². The molecule has 0 unspecified atom stereocenters. The highest BCUT2D eigenvalue weighted by atomic mass is 19.2. The Bertz CT molecular complexity index is 1790. The van der Waals surface area contributed by atoms with E-state index in [-0.39, 0.29) is 0 Å². The van der Waals surface area contributed by atoms with Crippen LogP contribution in [0, 0.1) is 111 Å². The van der Waals surface area contributed by atoms with Gasteiger partial charge in [0.2, 0.25) is 34.8 Å². The molecule has 0 radical (unpaired) electrons. The summed E-state index contributed by atoms with van der Waals surface area (Å²) in [6, 6.07) is 0. The van der Waals surface area contributed by atoms with Crippen molar-refractivity contribution in [1.82, 2.24) is 9.47 Å². The molecule has 0 saturated carbocycles. The van der Waals surface area contributed by atoms with Crippen LogP contribution >= 0.6 is 0 Å². The third-order valence-corrected chi connectivity index (χ3v) is 8.11. The highest BCUT2D eigenvalue weighted by Crippen LogP contribution is 2.51. The van der Waals surface area contributed by atoms with Gasteiger partial charge in [-0.1, -0.05) is 0 Å². The van der Waals surface area contributed by atoms with Gasteiger partial charge in [0.15, 0.2) is 69.8 Å². The predicted octanol–water partition coefficient (Wildman–Crippen LogP) is 9.11. The summed E-state index contributed by atoms with van der Waals surface area (Å²) in [5.74, 6) is -60.2. The number of aromatic nitrogens is 1. The summed E-state index contributed by atoms with van der Waals surface area (Å²) in [6.45, 7) is -4.03. The minimum absolute atomic E-state index is 0.666. The standard InChI is InChI=1S/C29H12F19N2/c1-3-50(4-2,26-24(45)27(47)49-28(48)25(26)46)5-29(6-9(30)15(36)21(42)16(37)10(6)31,7-11(32)17(38)22(43)18(39)12(7)33)8-13(34)19(40)23(44)20(41)14(8)35/h3-5H2,1-2H3/q+1. The van der Waals surface area contributed by atoms with Crippen molar-refractivity contribution in [3.05, 3.63) is 127 Å². The summed E-state index contributed by atoms with van der Waals surface area (Å²) < 4.78 is 283. The van der Waals surface area contributed by atoms with Crippen molar-refractivity contribution in [3.8, 4) is 0 Å². The topological polar surface area (TPSA) is 12.9 Å². The lowest BCUT2D eigenvalue weighted by molar-refractivity contribution is 0.216. The van der Waals surface area contributed by atoms with Crippen LogP contribution in [0.2, 0.25) is 0 Å². The molecule has 0 aliphatic rings. The fourth-order valence-electron chi connectivity index (χ4n) is 5.74. The first-order chi connectivity index (χ1) is 23.1. The van der Waals surface area contributed by atoms with Gasteiger partial charge in [0.25, 0.3) is 11.9 Å². The largest absolute Gasteiger partial charge is 0.285 e. The van der Waals surface area contributed by atoms with Gasteiger partial charge in [-0.05, 0) is 13.8 Å². The number of benzene rings is 3. The summed E-state index contributed by atoms with van der Waals surface area (Å²) in [7, 11) is 0. The number of hydrogen-bond acceptors (Lipinski definition) is 1. The van der Waals surface area contributed by atoms with Crippen LogP contribution in [0.1, 0.15) is 30.5 Å². The molecule has 0 atom stereocenters. The molecule has 270 valence electrons. The molecule has 21 heteroatoms. The maximum absolute atomic E-state index is 15.8. The average Bonchev–Trinajstić information content (AvgIpc) is 3.08. The molecule has 1 aromatic heterocycles. The highest BCUT2D eigenvalue weighted by Gasteiger charge is 2.59. The van der Waals surface area contributed by atoms with E-state index >= 15 is 35.1 Å². The fraction of sp³-hybridized carbons (Fsp3) is 0.207. The molecule has 4 aromatic rings. The minimum Gasteiger partial charge on any atom is -0.285 e. The number of pyridine rings is 1. The quantitative estimate of drug-likeness (QED) is 0.0438. The fourth-order valence-corrected chi connectivity index (χ4v) is 5.74. The number of hydrogen-bond donors (Lipinski definition) is 0. The second-order valence-corrected chi connectivity index (χ2v) is 10.3. The Morgan fingerprint density at radius 2 is 0.580 bits per heavy atom. The van der Waals surface area contributed by atoms with E-state index in [4.69, 9.17) is 0 Å². The molecule has 0 N–H and O–H groups in total. The van der Waals surface area contributed by atoms with Crippen LogP contribution in [-0.4, -0.2) is 24.6 Å². The second-order valence-electron chi connectivity index (χ2n) is 10.3. The SMILES string of the molecule is CC[N+](CC)(CC(c1c(F)c(F)c(F)c(F)c1F)(c1c(F)c(F)c(F)c(F)c1F)c1c(F)c(F)c(F)c(F)c1F)c1c(F)c(F)nc(F)c1F. The van der Waals surface area contributed by atoms with E-state index in [0.717, 1.165) is 0 Å². The van der Waals surface area contributed by atoms with Crippen molar-refractivity contribution < 1.29 is 83.4 Å². The van der Waals surface area contributed by atoms with Crippen LogP contribution in [0.25, 0.3) is 0 Å². The molecule has 0 spiro atoms. The van der Waals surface area contributed by atoms with Crippen LogP contribution in [0.4, 0.5) is 89.1 Å². The Morgan fingerprint density at radius 1 is 0.360 bits per heavy atom. The van der Waals surface area contributed by atoms with Crippen LogP contribution in [0.5, 0.6) is 0 Å². The van der Waals surface area contributed by atoms with E-state index < -0.39 is 163 Å². The molecule has 0 saturated heterocycles. The van der Waals surface area contributed by atoms with Gasteiger partial charge >= 0.3 is 0 Å². The maximum Gasteiger partial charge on any atom is 0.258 e. The van der Waals surface area contributed by atoms with Crippen molar-refractivity contribution in [2.45, 2.75) is 19.3 Å². The molecule has 1 heterocycles. The molecule has 0 bridgehead atoms. The van der Waals surface area contributed by atoms with Crippen molar-refractivity contribution in [3.63, 3.8) is 0 Å². The lowest BCUT2D eigenvalue weighted by atomic mass is 9.66. The molecule has 0 amide bonds. The Hall–Kier alpha value is -4.56. The van der Waals surface area contributed by atoms with Gasteiger partial charge in [-0.15, -0.1) is 0 Å². The van der Waals surface area contributed by atoms with Gasteiger partial charge in [-0.2, -0.15) is 22.5 Å². The first-order valence-electron chi connectivity index (χ1n) is 13.2. The van der Waals surface area contributed by atoms with Crippen LogP contribution in [-0.2, 0) is 5.41 Å². The van der Waals surface area contributed by atoms with Crippen molar-refractivity contribution in [2.75, 3.05) is 19.6 Å². The molecule has 3 aromatic carbocycles. The zero-order chi connectivity index (χ0) is 38.1. The van der Waals surface area contributed by atoms with Crippen LogP contribution < -0.4 is 4.48 Å². The molecular weight excluding hydrogens is 737 g/mol. The smallest absolute Gasteiger partial charge is 0.258 e. The number of likely N-dealkylation sites (N-methyl/N-ethyl adjacent to an activating group) is 1. The summed E-state index contributed by atoms with van der Waals surface area (Å²) in [4.78, 5) is 2.19. The minimum atomic E-state index is -5.21. The molecule has 0 aliphatic carbocycles. The summed E-state index contributed by atoms with van der Waals surface area (Å²) in [5.41, 5.74) is -16.7. The van der Waals surface area contributed by atoms with E-state index in [1.807, 2.05) is 0 Å². The lowest BCUT2D eigenvalue weighted by Crippen LogP contribution is -2.60. The zero-order valence-corrected chi connectivity index (χ0v) is 24.2. The molecular formula is C29H12F19N2+. The number of nitrogens with zero attached hydrogens (tertiary/aromatic N) is 2. The highest BCUT2D eigenvalue weighted by molar-refractivity contribution is 5.58. The first kappa shape index (κ1) is 38.2. The van der Waals surface area contributed by atoms with E-state index in [9.17, 15) is 48.3 Å². The molecule has 0 aliphatic heterocycles. The zero-order valence-electron chi connectivity index (χ0n) is 24.2. The van der Waals surface area contributed by atoms with Crippen molar-refractivity contribution in [2.24, 2.45) is 0 Å². The average molecular weight is 749 g/mol. The van der Waals surface area contributed by atoms with Crippen LogP contribution in [0.3, 0.4) is 0 Å². The Kier molecular flexibility index (Phi) is 9.91. The van der Waals surface area contributed by atoms with Gasteiger partial charge in [-0.3, -0.25) is 4.48 Å². The Labute approximate surface area is 265 Å². The van der Waals surface area contributed by atoms with Crippen molar-refractivity contribution >= 4 is 5.69 Å². The Balaban J connectivity index is 2.56. The number of halogens is 19. The van der Waals surface area contributed by atoms with E-state index in [0.29, 0.717) is 13.8 Å². The van der Waals surface area contributed by atoms with Gasteiger partial charge in [0.05, 0.1) is 29.8 Å². The Morgan fingerprint density at radius 3 is 0.800 bits per heavy atom. The third-order valence-electron chi connectivity index (χ3n) is 8.11. The van der Waals surface area contributed by atoms with E-state index in [1.54, 1.807) is 0 Å². The first-order valence-corrected chi connectivity index (χ1v) is 13.2. The normalized spacial score (nSPS) is 12.3. The second kappa shape index (κ2) is 13.0. The molecule has 4 rings (SSSR count). The number of rotatable bonds is 8. The predicted molar refractivity (Wildman–Crippen MR) is 130 cm³/mol. The summed E-state index contributed by atoms with van der Waals surface area (Å²) >= 11 is 0. The monoisotopic (exact) mass is 749 g/mol. The lowest BCUT2D eigenvalue weighted by Gasteiger charge is -2.45. The molecule has 2 nitrogen and oxygen atoms in total. The van der Waals surface area contributed by atoms with Gasteiger partial charge in [0, 0.05) is 0 Å². The third kappa shape index (κ3) is 5.13. The van der Waals surface area contributed by atoms with Gasteiger partial charge < -0.3 is 0 Å². The van der Waals surface area contributed by atoms with E-state index in [2.05, 4.69) is 4.98 Å². The van der Waals surface area contributed by atoms with E-state index in [1.165, 1.54) is 0 Å².